The number of carbonyl (C=O) groups excluding carboxylic acids is 1. The lowest BCUT2D eigenvalue weighted by Gasteiger charge is -2.27. The Bertz CT molecular complexity index is 875. The topological polar surface area (TPSA) is 59.0 Å². The number of ether oxygens (including phenoxy) is 2. The number of hydrogen-bond acceptors (Lipinski definition) is 4. The average molecular weight is 524 g/mol. The Balaban J connectivity index is 1.41. The molecule has 1 saturated heterocycles. The number of hydrogen-bond donors (Lipinski definition) is 1. The molecule has 0 aromatic heterocycles. The SMILES string of the molecule is CCCCCCCCCCCCCC[C@@H](O)[C@H]1OC(=O)N(Cc2ccccc2)[C@H]1COCc1ccccc1. The predicted octanol–water partition coefficient (Wildman–Crippen LogP) is 8.04. The number of aliphatic hydroxyl groups is 1. The van der Waals surface area contributed by atoms with Gasteiger partial charge < -0.3 is 14.6 Å². The summed E-state index contributed by atoms with van der Waals surface area (Å²) in [6, 6.07) is 19.6. The summed E-state index contributed by atoms with van der Waals surface area (Å²) in [5.41, 5.74) is 2.12. The number of cyclic esters (lactones) is 1. The van der Waals surface area contributed by atoms with Crippen LogP contribution in [0.2, 0.25) is 0 Å². The molecule has 1 N–H and O–H groups in total. The summed E-state index contributed by atoms with van der Waals surface area (Å²) in [6.07, 6.45) is 14.4. The molecule has 5 nitrogen and oxygen atoms in total. The molecule has 0 bridgehead atoms. The van der Waals surface area contributed by atoms with Crippen molar-refractivity contribution in [3.8, 4) is 0 Å². The van der Waals surface area contributed by atoms with Gasteiger partial charge in [0.2, 0.25) is 0 Å². The summed E-state index contributed by atoms with van der Waals surface area (Å²) in [5, 5.41) is 11.0. The van der Waals surface area contributed by atoms with Crippen LogP contribution in [-0.4, -0.2) is 41.0 Å². The predicted molar refractivity (Wildman–Crippen MR) is 154 cm³/mol. The number of amides is 1. The van der Waals surface area contributed by atoms with E-state index in [1.165, 1.54) is 64.2 Å². The lowest BCUT2D eigenvalue weighted by Crippen LogP contribution is -2.44. The minimum absolute atomic E-state index is 0.321. The molecule has 0 aliphatic carbocycles. The molecule has 210 valence electrons. The third-order valence-electron chi connectivity index (χ3n) is 7.58. The van der Waals surface area contributed by atoms with Crippen molar-refractivity contribution in [1.29, 1.82) is 0 Å². The molecule has 0 spiro atoms. The van der Waals surface area contributed by atoms with E-state index in [1.807, 2.05) is 60.7 Å². The first-order chi connectivity index (χ1) is 18.7. The maximum Gasteiger partial charge on any atom is 0.410 e. The van der Waals surface area contributed by atoms with Gasteiger partial charge in [-0.1, -0.05) is 145 Å². The first-order valence-electron chi connectivity index (χ1n) is 15.0. The number of benzene rings is 2. The van der Waals surface area contributed by atoms with Crippen LogP contribution in [0.25, 0.3) is 0 Å². The van der Waals surface area contributed by atoms with Crippen LogP contribution in [0.1, 0.15) is 102 Å². The highest BCUT2D eigenvalue weighted by Crippen LogP contribution is 2.27. The molecule has 5 heteroatoms. The lowest BCUT2D eigenvalue weighted by molar-refractivity contribution is -0.0134. The third kappa shape index (κ3) is 10.8. The van der Waals surface area contributed by atoms with Gasteiger partial charge in [-0.15, -0.1) is 0 Å². The fourth-order valence-corrected chi connectivity index (χ4v) is 5.29. The second-order valence-corrected chi connectivity index (χ2v) is 10.8. The maximum atomic E-state index is 12.8. The first-order valence-corrected chi connectivity index (χ1v) is 15.0. The summed E-state index contributed by atoms with van der Waals surface area (Å²) in [6.45, 7) is 3.50. The Hall–Kier alpha value is -2.37. The standard InChI is InChI=1S/C33H49NO4/c1-2-3-4-5-6-7-8-9-10-11-12-19-24-31(35)32-30(27-37-26-29-22-17-14-18-23-29)34(33(36)38-32)25-28-20-15-13-16-21-28/h13-18,20-23,30-32,35H,2-12,19,24-27H2,1H3/t30-,31+,32-/m0/s1. The van der Waals surface area contributed by atoms with E-state index >= 15 is 0 Å². The third-order valence-corrected chi connectivity index (χ3v) is 7.58. The van der Waals surface area contributed by atoms with Gasteiger partial charge in [0.05, 0.1) is 25.4 Å². The molecule has 1 aliphatic rings. The highest BCUT2D eigenvalue weighted by atomic mass is 16.6. The molecule has 2 aromatic carbocycles. The van der Waals surface area contributed by atoms with Crippen molar-refractivity contribution >= 4 is 6.09 Å². The number of nitrogens with zero attached hydrogens (tertiary/aromatic N) is 1. The zero-order valence-corrected chi connectivity index (χ0v) is 23.4. The second-order valence-electron chi connectivity index (χ2n) is 10.8. The van der Waals surface area contributed by atoms with Crippen molar-refractivity contribution in [3.63, 3.8) is 0 Å². The number of aliphatic hydroxyl groups excluding tert-OH is 1. The van der Waals surface area contributed by atoms with Crippen LogP contribution in [-0.2, 0) is 22.6 Å². The van der Waals surface area contributed by atoms with Crippen molar-refractivity contribution in [2.24, 2.45) is 0 Å². The molecule has 1 amide bonds. The van der Waals surface area contributed by atoms with Crippen molar-refractivity contribution in [3.05, 3.63) is 71.8 Å². The molecule has 3 atom stereocenters. The van der Waals surface area contributed by atoms with Crippen molar-refractivity contribution in [2.45, 2.75) is 122 Å². The maximum absolute atomic E-state index is 12.8. The van der Waals surface area contributed by atoms with E-state index in [0.29, 0.717) is 26.2 Å². The van der Waals surface area contributed by atoms with Gasteiger partial charge in [0, 0.05) is 6.54 Å². The quantitative estimate of drug-likeness (QED) is 0.178. The second kappa shape index (κ2) is 18.0. The van der Waals surface area contributed by atoms with Crippen LogP contribution >= 0.6 is 0 Å². The Labute approximate surface area is 230 Å². The summed E-state index contributed by atoms with van der Waals surface area (Å²) in [7, 11) is 0. The molecule has 0 saturated carbocycles. The van der Waals surface area contributed by atoms with Crippen molar-refractivity contribution in [1.82, 2.24) is 4.90 Å². The van der Waals surface area contributed by atoms with Crippen LogP contribution in [0.15, 0.2) is 60.7 Å². The molecule has 1 aliphatic heterocycles. The Kier molecular flexibility index (Phi) is 14.3. The molecule has 1 heterocycles. The molecule has 2 aromatic rings. The van der Waals surface area contributed by atoms with Gasteiger partial charge in [0.15, 0.2) is 6.10 Å². The molecule has 1 fully saturated rings. The normalized spacial score (nSPS) is 18.1. The van der Waals surface area contributed by atoms with E-state index in [-0.39, 0.29) is 12.1 Å². The molecule has 38 heavy (non-hydrogen) atoms. The first kappa shape index (κ1) is 30.2. The van der Waals surface area contributed by atoms with Crippen LogP contribution < -0.4 is 0 Å². The van der Waals surface area contributed by atoms with Gasteiger partial charge >= 0.3 is 6.09 Å². The van der Waals surface area contributed by atoms with Crippen molar-refractivity contribution < 1.29 is 19.4 Å². The van der Waals surface area contributed by atoms with E-state index < -0.39 is 12.2 Å². The van der Waals surface area contributed by atoms with E-state index in [4.69, 9.17) is 9.47 Å². The van der Waals surface area contributed by atoms with Crippen molar-refractivity contribution in [2.75, 3.05) is 6.61 Å². The molecule has 0 radical (unpaired) electrons. The van der Waals surface area contributed by atoms with Crippen LogP contribution in [0.4, 0.5) is 4.79 Å². The minimum Gasteiger partial charge on any atom is -0.441 e. The van der Waals surface area contributed by atoms with Gasteiger partial charge in [-0.3, -0.25) is 4.90 Å². The number of unbranched alkanes of at least 4 members (excludes halogenated alkanes) is 11. The van der Waals surface area contributed by atoms with Gasteiger partial charge in [-0.05, 0) is 17.5 Å². The van der Waals surface area contributed by atoms with Gasteiger partial charge in [0.1, 0.15) is 0 Å². The summed E-state index contributed by atoms with van der Waals surface area (Å²) in [4.78, 5) is 14.6. The highest BCUT2D eigenvalue weighted by molar-refractivity contribution is 5.71. The van der Waals surface area contributed by atoms with Crippen LogP contribution in [0.3, 0.4) is 0 Å². The fourth-order valence-electron chi connectivity index (χ4n) is 5.29. The van der Waals surface area contributed by atoms with Gasteiger partial charge in [-0.2, -0.15) is 0 Å². The van der Waals surface area contributed by atoms with Crippen LogP contribution in [0, 0.1) is 0 Å². The number of carbonyl (C=O) groups is 1. The van der Waals surface area contributed by atoms with Gasteiger partial charge in [0.25, 0.3) is 0 Å². The number of rotatable bonds is 20. The Morgan fingerprint density at radius 3 is 1.89 bits per heavy atom. The fraction of sp³-hybridized carbons (Fsp3) is 0.606. The molecular weight excluding hydrogens is 474 g/mol. The molecule has 0 unspecified atom stereocenters. The highest BCUT2D eigenvalue weighted by Gasteiger charge is 2.45. The largest absolute Gasteiger partial charge is 0.441 e. The Morgan fingerprint density at radius 2 is 1.32 bits per heavy atom. The summed E-state index contributed by atoms with van der Waals surface area (Å²) < 4.78 is 11.8. The summed E-state index contributed by atoms with van der Waals surface area (Å²) in [5.74, 6) is 0. The molecular formula is C33H49NO4. The monoisotopic (exact) mass is 523 g/mol. The van der Waals surface area contributed by atoms with E-state index in [0.717, 1.165) is 24.0 Å². The Morgan fingerprint density at radius 1 is 0.789 bits per heavy atom. The average Bonchev–Trinajstić information content (AvgIpc) is 3.25. The molecule has 3 rings (SSSR count). The van der Waals surface area contributed by atoms with E-state index in [1.54, 1.807) is 4.90 Å². The minimum atomic E-state index is -0.687. The lowest BCUT2D eigenvalue weighted by atomic mass is 9.99. The summed E-state index contributed by atoms with van der Waals surface area (Å²) >= 11 is 0. The smallest absolute Gasteiger partial charge is 0.410 e. The van der Waals surface area contributed by atoms with E-state index in [9.17, 15) is 9.90 Å². The van der Waals surface area contributed by atoms with Gasteiger partial charge in [-0.25, -0.2) is 4.79 Å². The van der Waals surface area contributed by atoms with E-state index in [2.05, 4.69) is 6.92 Å². The zero-order valence-electron chi connectivity index (χ0n) is 23.4. The van der Waals surface area contributed by atoms with Crippen LogP contribution in [0.5, 0.6) is 0 Å². The zero-order chi connectivity index (χ0) is 26.8.